The molecule has 0 saturated heterocycles. The smallest absolute Gasteiger partial charge is 0.331 e. The van der Waals surface area contributed by atoms with Crippen LogP contribution in [0.2, 0.25) is 0 Å². The predicted molar refractivity (Wildman–Crippen MR) is 129 cm³/mol. The molecule has 2 aromatic heterocycles. The molecule has 0 spiro atoms. The Labute approximate surface area is 195 Å². The molecule has 2 atom stereocenters. The molecule has 1 aromatic carbocycles. The van der Waals surface area contributed by atoms with Gasteiger partial charge in [-0.15, -0.1) is 11.3 Å². The summed E-state index contributed by atoms with van der Waals surface area (Å²) in [7, 11) is 0. The van der Waals surface area contributed by atoms with Crippen LogP contribution in [-0.2, 0) is 0 Å². The van der Waals surface area contributed by atoms with Gasteiger partial charge in [0.2, 0.25) is 0 Å². The van der Waals surface area contributed by atoms with Gasteiger partial charge in [0.05, 0.1) is 40.7 Å². The van der Waals surface area contributed by atoms with Gasteiger partial charge < -0.3 is 20.5 Å². The molecule has 2 aliphatic rings. The maximum atomic E-state index is 13.3. The second-order valence-electron chi connectivity index (χ2n) is 8.78. The molecular weight excluding hydrogens is 440 g/mol. The largest absolute Gasteiger partial charge is 0.491 e. The minimum Gasteiger partial charge on any atom is -0.491 e. The average molecular weight is 467 g/mol. The molecule has 9 heteroatoms. The lowest BCUT2D eigenvalue weighted by atomic mass is 10.1. The number of hydrogen-bond donors (Lipinski definition) is 3. The number of aliphatic hydroxyl groups is 1. The number of amides is 3. The number of urea groups is 1. The Balaban J connectivity index is 1.54. The number of nitrogens with zero attached hydrogens (tertiary/aromatic N) is 2. The zero-order valence-electron chi connectivity index (χ0n) is 18.7. The van der Waals surface area contributed by atoms with E-state index < -0.39 is 6.10 Å². The lowest BCUT2D eigenvalue weighted by Gasteiger charge is -2.29. The summed E-state index contributed by atoms with van der Waals surface area (Å²) in [5.74, 6) is 0.442. The number of aromatic nitrogens is 1. The Bertz CT molecular complexity index is 1250. The number of nitrogens with one attached hydrogen (secondary N) is 2. The van der Waals surface area contributed by atoms with Crippen molar-refractivity contribution in [2.45, 2.75) is 58.3 Å². The Kier molecular flexibility index (Phi) is 5.46. The highest BCUT2D eigenvalue weighted by atomic mass is 32.1. The summed E-state index contributed by atoms with van der Waals surface area (Å²) >= 11 is 1.24. The second-order valence-corrected chi connectivity index (χ2v) is 9.77. The summed E-state index contributed by atoms with van der Waals surface area (Å²) in [4.78, 5) is 33.5. The number of carbonyl (C=O) groups excluding carboxylic acids is 2. The van der Waals surface area contributed by atoms with Crippen molar-refractivity contribution >= 4 is 50.6 Å². The number of carbonyl (C=O) groups is 2. The number of rotatable bonds is 5. The molecule has 3 N–H and O–H groups in total. The molecule has 3 aromatic rings. The van der Waals surface area contributed by atoms with Crippen molar-refractivity contribution in [3.63, 3.8) is 0 Å². The Morgan fingerprint density at radius 1 is 1.30 bits per heavy atom. The summed E-state index contributed by atoms with van der Waals surface area (Å²) in [6, 6.07) is 6.80. The van der Waals surface area contributed by atoms with Crippen LogP contribution in [0.1, 0.15) is 48.3 Å². The van der Waals surface area contributed by atoms with Crippen LogP contribution in [0.4, 0.5) is 21.9 Å². The molecule has 1 fully saturated rings. The van der Waals surface area contributed by atoms with Crippen molar-refractivity contribution in [3.8, 4) is 5.75 Å². The van der Waals surface area contributed by atoms with Crippen LogP contribution in [0.15, 0.2) is 30.5 Å². The van der Waals surface area contributed by atoms with Gasteiger partial charge in [-0.05, 0) is 69.9 Å². The van der Waals surface area contributed by atoms with Crippen molar-refractivity contribution in [2.75, 3.05) is 10.2 Å². The van der Waals surface area contributed by atoms with Crippen LogP contribution in [0.25, 0.3) is 10.2 Å². The first-order chi connectivity index (χ1) is 15.8. The van der Waals surface area contributed by atoms with E-state index in [0.29, 0.717) is 27.5 Å². The van der Waals surface area contributed by atoms with E-state index in [1.165, 1.54) is 11.3 Å². The Morgan fingerprint density at radius 2 is 2.12 bits per heavy atom. The zero-order chi connectivity index (χ0) is 23.3. The third-order valence-electron chi connectivity index (χ3n) is 6.03. The Morgan fingerprint density at radius 3 is 2.82 bits per heavy atom. The quantitative estimate of drug-likeness (QED) is 0.505. The highest BCUT2D eigenvalue weighted by molar-refractivity contribution is 7.21. The summed E-state index contributed by atoms with van der Waals surface area (Å²) in [5, 5.41) is 16.7. The first kappa shape index (κ1) is 21.7. The molecule has 3 amide bonds. The maximum absolute atomic E-state index is 13.3. The number of thiophene rings is 1. The van der Waals surface area contributed by atoms with Crippen molar-refractivity contribution in [2.24, 2.45) is 0 Å². The molecule has 8 nitrogen and oxygen atoms in total. The number of pyridine rings is 1. The standard InChI is InChI=1S/C24H26N4O4S/c1-12(2)32-14-7-8-16(13(3)11-14)28-17-9-10-25-23-19(17)20(27-24(28)31)21(33-23)22(30)26-15-5-4-6-18(15)29/h7-12,15,18,29H,4-6H2,1-3H3,(H,26,30)(H,27,31)/t15?,18-/m1/s1. The van der Waals surface area contributed by atoms with E-state index in [1.54, 1.807) is 17.2 Å². The molecule has 5 rings (SSSR count). The van der Waals surface area contributed by atoms with E-state index >= 15 is 0 Å². The molecule has 1 saturated carbocycles. The minimum absolute atomic E-state index is 0.0524. The van der Waals surface area contributed by atoms with Gasteiger partial charge in [0.25, 0.3) is 5.91 Å². The molecule has 172 valence electrons. The predicted octanol–water partition coefficient (Wildman–Crippen LogP) is 4.72. The SMILES string of the molecule is Cc1cc(OC(C)C)ccc1N1C(=O)Nc2c(C(=O)NC3CCC[C@H]3O)sc3nccc1c23. The molecule has 1 aliphatic carbocycles. The van der Waals surface area contributed by atoms with E-state index in [0.717, 1.165) is 35.2 Å². The summed E-state index contributed by atoms with van der Waals surface area (Å²) in [6.07, 6.45) is 3.47. The summed E-state index contributed by atoms with van der Waals surface area (Å²) in [5.41, 5.74) is 2.77. The van der Waals surface area contributed by atoms with Gasteiger partial charge >= 0.3 is 6.03 Å². The molecule has 1 unspecified atom stereocenters. The minimum atomic E-state index is -0.538. The van der Waals surface area contributed by atoms with Crippen LogP contribution in [-0.4, -0.2) is 40.3 Å². The maximum Gasteiger partial charge on any atom is 0.331 e. The number of aryl methyl sites for hydroxylation is 1. The van der Waals surface area contributed by atoms with E-state index in [2.05, 4.69) is 15.6 Å². The fraction of sp³-hybridized carbons (Fsp3) is 0.375. The fourth-order valence-electron chi connectivity index (χ4n) is 4.55. The van der Waals surface area contributed by atoms with Crippen LogP contribution in [0, 0.1) is 6.92 Å². The van der Waals surface area contributed by atoms with Crippen LogP contribution in [0.3, 0.4) is 0 Å². The molecule has 33 heavy (non-hydrogen) atoms. The fourth-order valence-corrected chi connectivity index (χ4v) is 5.57. The van der Waals surface area contributed by atoms with Crippen LogP contribution in [0.5, 0.6) is 5.75 Å². The van der Waals surface area contributed by atoms with Crippen molar-refractivity contribution in [3.05, 3.63) is 40.9 Å². The van der Waals surface area contributed by atoms with E-state index in [-0.39, 0.29) is 24.1 Å². The number of ether oxygens (including phenoxy) is 1. The van der Waals surface area contributed by atoms with Gasteiger partial charge in [0.15, 0.2) is 0 Å². The summed E-state index contributed by atoms with van der Waals surface area (Å²) < 4.78 is 5.78. The van der Waals surface area contributed by atoms with Crippen LogP contribution >= 0.6 is 11.3 Å². The number of benzene rings is 1. The molecule has 1 aliphatic heterocycles. The van der Waals surface area contributed by atoms with Gasteiger partial charge in [-0.1, -0.05) is 0 Å². The summed E-state index contributed by atoms with van der Waals surface area (Å²) in [6.45, 7) is 5.87. The first-order valence-electron chi connectivity index (χ1n) is 11.1. The van der Waals surface area contributed by atoms with Gasteiger partial charge in [-0.3, -0.25) is 9.69 Å². The Hall–Kier alpha value is -3.17. The van der Waals surface area contributed by atoms with Gasteiger partial charge in [0, 0.05) is 6.20 Å². The highest BCUT2D eigenvalue weighted by Crippen LogP contribution is 2.46. The average Bonchev–Trinajstić information content (AvgIpc) is 3.33. The third kappa shape index (κ3) is 3.81. The van der Waals surface area contributed by atoms with Gasteiger partial charge in [-0.2, -0.15) is 0 Å². The van der Waals surface area contributed by atoms with Crippen LogP contribution < -0.4 is 20.3 Å². The van der Waals surface area contributed by atoms with E-state index in [1.807, 2.05) is 39.0 Å². The lowest BCUT2D eigenvalue weighted by Crippen LogP contribution is -2.40. The first-order valence-corrected chi connectivity index (χ1v) is 11.9. The molecule has 0 bridgehead atoms. The molecule has 3 heterocycles. The van der Waals surface area contributed by atoms with Crippen molar-refractivity contribution in [1.29, 1.82) is 0 Å². The molecular formula is C24H26N4O4S. The van der Waals surface area contributed by atoms with Crippen molar-refractivity contribution in [1.82, 2.24) is 10.3 Å². The lowest BCUT2D eigenvalue weighted by molar-refractivity contribution is 0.0878. The number of anilines is 3. The normalized spacial score (nSPS) is 19.8. The number of aliphatic hydroxyl groups excluding tert-OH is 1. The second kappa shape index (κ2) is 8.31. The topological polar surface area (TPSA) is 104 Å². The van der Waals surface area contributed by atoms with Gasteiger partial charge in [0.1, 0.15) is 15.5 Å². The highest BCUT2D eigenvalue weighted by Gasteiger charge is 2.34. The number of hydrogen-bond acceptors (Lipinski definition) is 6. The molecule has 0 radical (unpaired) electrons. The monoisotopic (exact) mass is 466 g/mol. The van der Waals surface area contributed by atoms with E-state index in [9.17, 15) is 14.7 Å². The van der Waals surface area contributed by atoms with Crippen molar-refractivity contribution < 1.29 is 19.4 Å². The zero-order valence-corrected chi connectivity index (χ0v) is 19.5. The van der Waals surface area contributed by atoms with Gasteiger partial charge in [-0.25, -0.2) is 9.78 Å². The third-order valence-corrected chi connectivity index (χ3v) is 7.13. The van der Waals surface area contributed by atoms with E-state index in [4.69, 9.17) is 4.74 Å².